The van der Waals surface area contributed by atoms with E-state index in [0.717, 1.165) is 11.8 Å². The topological polar surface area (TPSA) is 0 Å². The lowest BCUT2D eigenvalue weighted by atomic mass is 9.83. The first-order valence-corrected chi connectivity index (χ1v) is 11.8. The van der Waals surface area contributed by atoms with Crippen LogP contribution in [0.25, 0.3) is 0 Å². The van der Waals surface area contributed by atoms with Crippen molar-refractivity contribution in [1.29, 1.82) is 0 Å². The van der Waals surface area contributed by atoms with Crippen LogP contribution in [-0.2, 0) is 0 Å². The molecule has 0 rings (SSSR count). The van der Waals surface area contributed by atoms with E-state index in [0.29, 0.717) is 0 Å². The molecular formula is C24H50. The van der Waals surface area contributed by atoms with Crippen LogP contribution < -0.4 is 0 Å². The monoisotopic (exact) mass is 338 g/mol. The molecule has 0 heteroatoms. The van der Waals surface area contributed by atoms with Crippen molar-refractivity contribution in [1.82, 2.24) is 0 Å². The summed E-state index contributed by atoms with van der Waals surface area (Å²) >= 11 is 0. The van der Waals surface area contributed by atoms with Gasteiger partial charge in [-0.05, 0) is 18.3 Å². The average molecular weight is 339 g/mol. The molecular weight excluding hydrogens is 288 g/mol. The van der Waals surface area contributed by atoms with Gasteiger partial charge in [-0.25, -0.2) is 0 Å². The van der Waals surface area contributed by atoms with Gasteiger partial charge in [0.05, 0.1) is 0 Å². The minimum Gasteiger partial charge on any atom is -0.0654 e. The van der Waals surface area contributed by atoms with Crippen LogP contribution >= 0.6 is 0 Å². The highest BCUT2D eigenvalue weighted by atomic mass is 14.2. The SMILES string of the molecule is CCCCCCCCC(CC)CC(CCCC)CCCCCCC. The predicted molar refractivity (Wildman–Crippen MR) is 113 cm³/mol. The van der Waals surface area contributed by atoms with Crippen molar-refractivity contribution in [2.24, 2.45) is 11.8 Å². The molecule has 0 aromatic heterocycles. The van der Waals surface area contributed by atoms with Crippen LogP contribution in [0.3, 0.4) is 0 Å². The van der Waals surface area contributed by atoms with Crippen molar-refractivity contribution >= 4 is 0 Å². The Bertz CT molecular complexity index is 220. The molecule has 0 radical (unpaired) electrons. The van der Waals surface area contributed by atoms with E-state index in [9.17, 15) is 0 Å². The van der Waals surface area contributed by atoms with Crippen LogP contribution in [0, 0.1) is 11.8 Å². The molecule has 0 aliphatic heterocycles. The van der Waals surface area contributed by atoms with Gasteiger partial charge in [0.1, 0.15) is 0 Å². The van der Waals surface area contributed by atoms with E-state index >= 15 is 0 Å². The van der Waals surface area contributed by atoms with E-state index in [2.05, 4.69) is 27.7 Å². The van der Waals surface area contributed by atoms with Crippen molar-refractivity contribution in [3.8, 4) is 0 Å². The molecule has 0 heterocycles. The summed E-state index contributed by atoms with van der Waals surface area (Å²) < 4.78 is 0. The maximum Gasteiger partial charge on any atom is -0.0412 e. The van der Waals surface area contributed by atoms with Crippen LogP contribution in [-0.4, -0.2) is 0 Å². The molecule has 0 N–H and O–H groups in total. The van der Waals surface area contributed by atoms with Gasteiger partial charge in [0.15, 0.2) is 0 Å². The molecule has 146 valence electrons. The second-order valence-electron chi connectivity index (χ2n) is 8.28. The highest BCUT2D eigenvalue weighted by molar-refractivity contribution is 4.67. The first-order valence-electron chi connectivity index (χ1n) is 11.8. The number of hydrogen-bond donors (Lipinski definition) is 0. The zero-order valence-corrected chi connectivity index (χ0v) is 17.9. The van der Waals surface area contributed by atoms with Crippen LogP contribution in [0.4, 0.5) is 0 Å². The molecule has 0 spiro atoms. The zero-order chi connectivity index (χ0) is 17.9. The Morgan fingerprint density at radius 3 is 1.33 bits per heavy atom. The normalized spacial score (nSPS) is 14.0. The van der Waals surface area contributed by atoms with Crippen LogP contribution in [0.2, 0.25) is 0 Å². The van der Waals surface area contributed by atoms with Crippen LogP contribution in [0.1, 0.15) is 143 Å². The van der Waals surface area contributed by atoms with Gasteiger partial charge in [-0.1, -0.05) is 137 Å². The van der Waals surface area contributed by atoms with E-state index in [4.69, 9.17) is 0 Å². The van der Waals surface area contributed by atoms with E-state index in [1.807, 2.05) is 0 Å². The highest BCUT2D eigenvalue weighted by Gasteiger charge is 2.15. The summed E-state index contributed by atoms with van der Waals surface area (Å²) in [6.45, 7) is 9.41. The molecule has 0 nitrogen and oxygen atoms in total. The van der Waals surface area contributed by atoms with Crippen molar-refractivity contribution in [3.63, 3.8) is 0 Å². The molecule has 0 amide bonds. The second-order valence-corrected chi connectivity index (χ2v) is 8.28. The van der Waals surface area contributed by atoms with Gasteiger partial charge in [-0.2, -0.15) is 0 Å². The van der Waals surface area contributed by atoms with Gasteiger partial charge in [0, 0.05) is 0 Å². The highest BCUT2D eigenvalue weighted by Crippen LogP contribution is 2.29. The van der Waals surface area contributed by atoms with Gasteiger partial charge in [0.25, 0.3) is 0 Å². The maximum absolute atomic E-state index is 2.43. The molecule has 0 saturated heterocycles. The largest absolute Gasteiger partial charge is 0.0654 e. The predicted octanol–water partition coefficient (Wildman–Crippen LogP) is 9.32. The molecule has 0 aromatic rings. The molecule has 0 bridgehead atoms. The van der Waals surface area contributed by atoms with E-state index in [-0.39, 0.29) is 0 Å². The third-order valence-electron chi connectivity index (χ3n) is 5.89. The van der Waals surface area contributed by atoms with Crippen molar-refractivity contribution < 1.29 is 0 Å². The van der Waals surface area contributed by atoms with Crippen molar-refractivity contribution in [2.45, 2.75) is 143 Å². The number of hydrogen-bond acceptors (Lipinski definition) is 0. The second kappa shape index (κ2) is 19.3. The molecule has 0 aliphatic carbocycles. The Morgan fingerprint density at radius 2 is 0.833 bits per heavy atom. The Morgan fingerprint density at radius 1 is 0.417 bits per heavy atom. The summed E-state index contributed by atoms with van der Waals surface area (Å²) in [6.07, 6.45) is 26.2. The Labute approximate surface area is 155 Å². The number of unbranched alkanes of at least 4 members (excludes halogenated alkanes) is 10. The first-order chi connectivity index (χ1) is 11.8. The third kappa shape index (κ3) is 15.5. The summed E-state index contributed by atoms with van der Waals surface area (Å²) in [7, 11) is 0. The summed E-state index contributed by atoms with van der Waals surface area (Å²) in [5, 5.41) is 0. The minimum absolute atomic E-state index is 1.01. The molecule has 0 aromatic carbocycles. The molecule has 0 saturated carbocycles. The lowest BCUT2D eigenvalue weighted by Gasteiger charge is -2.23. The lowest BCUT2D eigenvalue weighted by Crippen LogP contribution is -2.09. The Hall–Kier alpha value is 0. The summed E-state index contributed by atoms with van der Waals surface area (Å²) in [5.74, 6) is 2.03. The third-order valence-corrected chi connectivity index (χ3v) is 5.89. The average Bonchev–Trinajstić information content (AvgIpc) is 2.60. The molecule has 0 aliphatic rings. The first kappa shape index (κ1) is 24.0. The molecule has 2 unspecified atom stereocenters. The van der Waals surface area contributed by atoms with Gasteiger partial charge in [0.2, 0.25) is 0 Å². The van der Waals surface area contributed by atoms with Gasteiger partial charge in [-0.3, -0.25) is 0 Å². The summed E-state index contributed by atoms with van der Waals surface area (Å²) in [6, 6.07) is 0. The summed E-state index contributed by atoms with van der Waals surface area (Å²) in [4.78, 5) is 0. The smallest absolute Gasteiger partial charge is 0.0412 e. The Kier molecular flexibility index (Phi) is 19.3. The zero-order valence-electron chi connectivity index (χ0n) is 17.9. The molecule has 0 fully saturated rings. The number of rotatable bonds is 19. The van der Waals surface area contributed by atoms with Crippen LogP contribution in [0.5, 0.6) is 0 Å². The van der Waals surface area contributed by atoms with Gasteiger partial charge < -0.3 is 0 Å². The standard InChI is InChI=1S/C24H50/c1-5-9-12-14-16-17-20-23(8-4)22-24(19-11-7-3)21-18-15-13-10-6-2/h23-24H,5-22H2,1-4H3. The fraction of sp³-hybridized carbons (Fsp3) is 1.00. The van der Waals surface area contributed by atoms with E-state index in [1.165, 1.54) is 116 Å². The lowest BCUT2D eigenvalue weighted by molar-refractivity contribution is 0.295. The van der Waals surface area contributed by atoms with Crippen LogP contribution in [0.15, 0.2) is 0 Å². The molecule has 2 atom stereocenters. The molecule has 24 heavy (non-hydrogen) atoms. The van der Waals surface area contributed by atoms with Gasteiger partial charge >= 0.3 is 0 Å². The van der Waals surface area contributed by atoms with Gasteiger partial charge in [-0.15, -0.1) is 0 Å². The fourth-order valence-corrected chi connectivity index (χ4v) is 4.08. The van der Waals surface area contributed by atoms with E-state index < -0.39 is 0 Å². The quantitative estimate of drug-likeness (QED) is 0.206. The van der Waals surface area contributed by atoms with Crippen molar-refractivity contribution in [3.05, 3.63) is 0 Å². The van der Waals surface area contributed by atoms with Crippen molar-refractivity contribution in [2.75, 3.05) is 0 Å². The summed E-state index contributed by atoms with van der Waals surface area (Å²) in [5.41, 5.74) is 0. The fourth-order valence-electron chi connectivity index (χ4n) is 4.08. The maximum atomic E-state index is 2.43. The van der Waals surface area contributed by atoms with E-state index in [1.54, 1.807) is 0 Å². The minimum atomic E-state index is 1.01. The Balaban J connectivity index is 3.96.